The lowest BCUT2D eigenvalue weighted by Crippen LogP contribution is -2.17. The molecule has 16 heavy (non-hydrogen) atoms. The normalized spacial score (nSPS) is 39.4. The van der Waals surface area contributed by atoms with Crippen LogP contribution in [0.4, 0.5) is 0 Å². The number of ether oxygens (including phenoxy) is 2. The van der Waals surface area contributed by atoms with Crippen LogP contribution in [0.2, 0.25) is 0 Å². The lowest BCUT2D eigenvalue weighted by molar-refractivity contribution is 0.177. The molecule has 2 fully saturated rings. The van der Waals surface area contributed by atoms with Crippen molar-refractivity contribution in [2.75, 3.05) is 6.54 Å². The largest absolute Gasteiger partial charge is 0.386 e. The Balaban J connectivity index is 1.71. The van der Waals surface area contributed by atoms with Crippen LogP contribution in [0.1, 0.15) is 13.3 Å². The van der Waals surface area contributed by atoms with E-state index in [9.17, 15) is 5.11 Å². The first-order chi connectivity index (χ1) is 7.77. The van der Waals surface area contributed by atoms with E-state index in [1.165, 1.54) is 0 Å². The molecule has 0 saturated carbocycles. The molecular formula is C12H19NO3. The van der Waals surface area contributed by atoms with Crippen molar-refractivity contribution in [3.05, 3.63) is 24.3 Å². The van der Waals surface area contributed by atoms with E-state index in [1.807, 2.05) is 25.2 Å². The van der Waals surface area contributed by atoms with Crippen LogP contribution >= 0.6 is 0 Å². The maximum Gasteiger partial charge on any atom is 0.117 e. The highest BCUT2D eigenvalue weighted by molar-refractivity contribution is 5.14. The first-order valence-corrected chi connectivity index (χ1v) is 5.76. The summed E-state index contributed by atoms with van der Waals surface area (Å²) in [4.78, 5) is 0. The summed E-state index contributed by atoms with van der Waals surface area (Å²) in [6.07, 6.45) is 8.15. The van der Waals surface area contributed by atoms with E-state index in [4.69, 9.17) is 15.2 Å². The van der Waals surface area contributed by atoms with E-state index in [-0.39, 0.29) is 24.4 Å². The van der Waals surface area contributed by atoms with Crippen LogP contribution in [0.25, 0.3) is 0 Å². The predicted molar refractivity (Wildman–Crippen MR) is 61.0 cm³/mol. The molecular weight excluding hydrogens is 206 g/mol. The predicted octanol–water partition coefficient (Wildman–Crippen LogP) is 0.363. The molecule has 2 aliphatic heterocycles. The van der Waals surface area contributed by atoms with E-state index in [0.29, 0.717) is 6.54 Å². The first kappa shape index (κ1) is 11.8. The van der Waals surface area contributed by atoms with E-state index >= 15 is 0 Å². The molecule has 5 atom stereocenters. The molecule has 0 amide bonds. The van der Waals surface area contributed by atoms with Crippen LogP contribution in [-0.4, -0.2) is 42.2 Å². The summed E-state index contributed by atoms with van der Waals surface area (Å²) in [5, 5.41) is 9.75. The maximum atomic E-state index is 9.75. The topological polar surface area (TPSA) is 71.3 Å². The Morgan fingerprint density at radius 2 is 2.19 bits per heavy atom. The second kappa shape index (κ2) is 5.10. The van der Waals surface area contributed by atoms with Crippen LogP contribution in [-0.2, 0) is 9.47 Å². The molecule has 0 aromatic rings. The molecule has 4 nitrogen and oxygen atoms in total. The van der Waals surface area contributed by atoms with Gasteiger partial charge in [-0.3, -0.25) is 0 Å². The molecule has 0 bridgehead atoms. The highest BCUT2D eigenvalue weighted by atomic mass is 16.7. The van der Waals surface area contributed by atoms with Crippen molar-refractivity contribution in [1.29, 1.82) is 0 Å². The first-order valence-electron chi connectivity index (χ1n) is 5.76. The van der Waals surface area contributed by atoms with Gasteiger partial charge >= 0.3 is 0 Å². The Morgan fingerprint density at radius 3 is 2.88 bits per heavy atom. The minimum absolute atomic E-state index is 0.0544. The van der Waals surface area contributed by atoms with Crippen LogP contribution < -0.4 is 5.73 Å². The van der Waals surface area contributed by atoms with Crippen molar-refractivity contribution >= 4 is 0 Å². The zero-order valence-electron chi connectivity index (χ0n) is 9.45. The maximum absolute atomic E-state index is 9.75. The molecule has 2 saturated heterocycles. The minimum atomic E-state index is -0.535. The SMILES string of the molecule is C/C=C/C1OC1C1OC1[C@@H](O)/C=C\CCN. The summed E-state index contributed by atoms with van der Waals surface area (Å²) < 4.78 is 10.8. The standard InChI is InChI=1S/C12H19NO3/c1-2-5-9-11(15-9)12-10(16-12)8(14)6-3-4-7-13/h2-3,5-6,8-12,14H,4,7,13H2,1H3/b5-2+,6-3-/t8-,9?,10?,11?,12?/m0/s1. The van der Waals surface area contributed by atoms with Gasteiger partial charge in [0, 0.05) is 0 Å². The third kappa shape index (κ3) is 2.71. The van der Waals surface area contributed by atoms with E-state index < -0.39 is 6.10 Å². The number of nitrogens with two attached hydrogens (primary N) is 1. The van der Waals surface area contributed by atoms with Crippen LogP contribution in [0.5, 0.6) is 0 Å². The van der Waals surface area contributed by atoms with Gasteiger partial charge in [-0.15, -0.1) is 0 Å². The molecule has 2 aliphatic rings. The van der Waals surface area contributed by atoms with Crippen molar-refractivity contribution in [2.45, 2.75) is 43.9 Å². The molecule has 0 spiro atoms. The molecule has 0 radical (unpaired) electrons. The molecule has 2 rings (SSSR count). The summed E-state index contributed by atoms with van der Waals surface area (Å²) in [6.45, 7) is 2.57. The zero-order valence-corrected chi connectivity index (χ0v) is 9.45. The summed E-state index contributed by atoms with van der Waals surface area (Å²) in [5.74, 6) is 0. The third-order valence-electron chi connectivity index (χ3n) is 2.83. The highest BCUT2D eigenvalue weighted by Crippen LogP contribution is 2.40. The van der Waals surface area contributed by atoms with Gasteiger partial charge in [0.1, 0.15) is 30.5 Å². The van der Waals surface area contributed by atoms with Crippen molar-refractivity contribution in [1.82, 2.24) is 0 Å². The quantitative estimate of drug-likeness (QED) is 0.506. The van der Waals surface area contributed by atoms with E-state index in [0.717, 1.165) is 6.42 Å². The fourth-order valence-electron chi connectivity index (χ4n) is 1.86. The fourth-order valence-corrected chi connectivity index (χ4v) is 1.86. The Kier molecular flexibility index (Phi) is 3.76. The molecule has 4 heteroatoms. The summed E-state index contributed by atoms with van der Waals surface area (Å²) in [5.41, 5.74) is 5.35. The number of allylic oxidation sites excluding steroid dienone is 1. The van der Waals surface area contributed by atoms with Crippen LogP contribution in [0.15, 0.2) is 24.3 Å². The summed E-state index contributed by atoms with van der Waals surface area (Å²) in [7, 11) is 0. The molecule has 90 valence electrons. The zero-order chi connectivity index (χ0) is 11.5. The van der Waals surface area contributed by atoms with Crippen LogP contribution in [0, 0.1) is 0 Å². The molecule has 0 aromatic carbocycles. The molecule has 4 unspecified atom stereocenters. The van der Waals surface area contributed by atoms with Gasteiger partial charge in [-0.1, -0.05) is 24.3 Å². The van der Waals surface area contributed by atoms with Gasteiger partial charge < -0.3 is 20.3 Å². The number of epoxide rings is 2. The summed E-state index contributed by atoms with van der Waals surface area (Å²) >= 11 is 0. The van der Waals surface area contributed by atoms with Gasteiger partial charge in [-0.05, 0) is 19.9 Å². The Bertz CT molecular complexity index is 290. The van der Waals surface area contributed by atoms with Gasteiger partial charge in [0.05, 0.1) is 0 Å². The second-order valence-corrected chi connectivity index (χ2v) is 4.15. The van der Waals surface area contributed by atoms with Crippen molar-refractivity contribution in [3.8, 4) is 0 Å². The number of aliphatic hydroxyl groups excluding tert-OH is 1. The van der Waals surface area contributed by atoms with Crippen molar-refractivity contribution in [3.63, 3.8) is 0 Å². The number of rotatable bonds is 6. The molecule has 2 heterocycles. The van der Waals surface area contributed by atoms with Gasteiger partial charge in [0.15, 0.2) is 0 Å². The highest BCUT2D eigenvalue weighted by Gasteiger charge is 2.58. The lowest BCUT2D eigenvalue weighted by atomic mass is 10.1. The average Bonchev–Trinajstić information content (AvgIpc) is 3.11. The lowest BCUT2D eigenvalue weighted by Gasteiger charge is -1.98. The minimum Gasteiger partial charge on any atom is -0.386 e. The van der Waals surface area contributed by atoms with Gasteiger partial charge in [0.2, 0.25) is 0 Å². The molecule has 0 aromatic heterocycles. The molecule has 3 N–H and O–H groups in total. The smallest absolute Gasteiger partial charge is 0.117 e. The Hall–Kier alpha value is -0.680. The third-order valence-corrected chi connectivity index (χ3v) is 2.83. The average molecular weight is 225 g/mol. The van der Waals surface area contributed by atoms with Gasteiger partial charge in [0.25, 0.3) is 0 Å². The molecule has 0 aliphatic carbocycles. The van der Waals surface area contributed by atoms with E-state index in [2.05, 4.69) is 0 Å². The number of hydrogen-bond donors (Lipinski definition) is 2. The fraction of sp³-hybridized carbons (Fsp3) is 0.667. The van der Waals surface area contributed by atoms with Crippen molar-refractivity contribution in [2.24, 2.45) is 5.73 Å². The van der Waals surface area contributed by atoms with Gasteiger partial charge in [-0.25, -0.2) is 0 Å². The monoisotopic (exact) mass is 225 g/mol. The van der Waals surface area contributed by atoms with Crippen LogP contribution in [0.3, 0.4) is 0 Å². The number of aliphatic hydroxyl groups is 1. The van der Waals surface area contributed by atoms with Gasteiger partial charge in [-0.2, -0.15) is 0 Å². The summed E-state index contributed by atoms with van der Waals surface area (Å²) in [6, 6.07) is 0. The Morgan fingerprint density at radius 1 is 1.38 bits per heavy atom. The Labute approximate surface area is 95.7 Å². The second-order valence-electron chi connectivity index (χ2n) is 4.15. The van der Waals surface area contributed by atoms with E-state index in [1.54, 1.807) is 6.08 Å². The van der Waals surface area contributed by atoms with Crippen molar-refractivity contribution < 1.29 is 14.6 Å². The number of hydrogen-bond acceptors (Lipinski definition) is 4.